The summed E-state index contributed by atoms with van der Waals surface area (Å²) < 4.78 is 38.7. The minimum atomic E-state index is -4.13. The van der Waals surface area contributed by atoms with E-state index in [1.165, 1.54) is 24.7 Å². The Kier molecular flexibility index (Phi) is 6.51. The summed E-state index contributed by atoms with van der Waals surface area (Å²) in [5.41, 5.74) is 0.491. The molecule has 0 atom stereocenters. The van der Waals surface area contributed by atoms with Crippen LogP contribution in [0.25, 0.3) is 0 Å². The van der Waals surface area contributed by atoms with E-state index in [4.69, 9.17) is 20.9 Å². The second kappa shape index (κ2) is 8.14. The number of aryl methyl sites for hydroxylation is 1. The maximum atomic E-state index is 12.7. The number of ether oxygens (including phenoxy) is 1. The Morgan fingerprint density at radius 1 is 1.37 bits per heavy atom. The highest BCUT2D eigenvalue weighted by Gasteiger charge is 2.19. The number of methoxy groups -OCH3 is 1. The molecule has 27 heavy (non-hydrogen) atoms. The largest absolute Gasteiger partial charge is 0.496 e. The molecule has 0 fully saturated rings. The molecule has 0 aliphatic rings. The molecule has 0 unspecified atom stereocenters. The van der Waals surface area contributed by atoms with E-state index in [2.05, 4.69) is 4.99 Å². The lowest BCUT2D eigenvalue weighted by Crippen LogP contribution is -2.18. The van der Waals surface area contributed by atoms with Crippen molar-refractivity contribution in [3.63, 3.8) is 0 Å². The van der Waals surface area contributed by atoms with Crippen LogP contribution in [0.3, 0.4) is 0 Å². The van der Waals surface area contributed by atoms with Crippen molar-refractivity contribution in [1.82, 2.24) is 3.96 Å². The standard InChI is InChI=1S/C17H21ClN2O5S2/c1-17(2,3)20-10-11(7-8-27(22,23)24)16(26-20)19-15(21)13-9-12(18)5-6-14(13)25-4/h5-6,9-10H,7-8H2,1-4H3,(H,22,23,24). The van der Waals surface area contributed by atoms with Gasteiger partial charge in [0, 0.05) is 22.3 Å². The van der Waals surface area contributed by atoms with Crippen molar-refractivity contribution < 1.29 is 22.5 Å². The summed E-state index contributed by atoms with van der Waals surface area (Å²) in [4.78, 5) is 16.8. The van der Waals surface area contributed by atoms with Crippen LogP contribution in [-0.4, -0.2) is 35.7 Å². The topological polar surface area (TPSA) is 98.0 Å². The smallest absolute Gasteiger partial charge is 0.282 e. The molecule has 10 heteroatoms. The number of hydrogen-bond acceptors (Lipinski definition) is 5. The third-order valence-electron chi connectivity index (χ3n) is 3.62. The highest BCUT2D eigenvalue weighted by atomic mass is 35.5. The van der Waals surface area contributed by atoms with Gasteiger partial charge in [-0.3, -0.25) is 13.3 Å². The van der Waals surface area contributed by atoms with Crippen molar-refractivity contribution >= 4 is 39.2 Å². The first kappa shape index (κ1) is 21.6. The number of amides is 1. The van der Waals surface area contributed by atoms with Crippen molar-refractivity contribution in [3.8, 4) is 5.75 Å². The van der Waals surface area contributed by atoms with E-state index in [-0.39, 0.29) is 17.5 Å². The highest BCUT2D eigenvalue weighted by Crippen LogP contribution is 2.23. The van der Waals surface area contributed by atoms with Gasteiger partial charge < -0.3 is 4.74 Å². The fraction of sp³-hybridized carbons (Fsp3) is 0.412. The van der Waals surface area contributed by atoms with Gasteiger partial charge in [0.25, 0.3) is 16.0 Å². The summed E-state index contributed by atoms with van der Waals surface area (Å²) in [7, 11) is -2.69. The number of hydrogen-bond donors (Lipinski definition) is 1. The monoisotopic (exact) mass is 432 g/mol. The van der Waals surface area contributed by atoms with Crippen molar-refractivity contribution in [2.24, 2.45) is 4.99 Å². The van der Waals surface area contributed by atoms with Crippen LogP contribution in [0, 0.1) is 0 Å². The lowest BCUT2D eigenvalue weighted by molar-refractivity contribution is 0.0996. The predicted octanol–water partition coefficient (Wildman–Crippen LogP) is 3.14. The van der Waals surface area contributed by atoms with Gasteiger partial charge in [-0.05, 0) is 56.9 Å². The molecule has 2 rings (SSSR count). The SMILES string of the molecule is COc1ccc(Cl)cc1C(=O)N=c1sn(C(C)(C)C)cc1CCS(=O)(=O)O. The van der Waals surface area contributed by atoms with Gasteiger partial charge in [-0.15, -0.1) is 0 Å². The van der Waals surface area contributed by atoms with Crippen molar-refractivity contribution in [2.75, 3.05) is 12.9 Å². The summed E-state index contributed by atoms with van der Waals surface area (Å²) in [6, 6.07) is 4.65. The van der Waals surface area contributed by atoms with Gasteiger partial charge >= 0.3 is 0 Å². The van der Waals surface area contributed by atoms with Crippen LogP contribution in [0.4, 0.5) is 0 Å². The summed E-state index contributed by atoms with van der Waals surface area (Å²) in [5, 5.41) is 0.372. The van der Waals surface area contributed by atoms with E-state index in [1.807, 2.05) is 24.7 Å². The van der Waals surface area contributed by atoms with Crippen molar-refractivity contribution in [3.05, 3.63) is 45.2 Å². The van der Waals surface area contributed by atoms with E-state index in [0.717, 1.165) is 0 Å². The number of carbonyl (C=O) groups is 1. The number of halogens is 1. The third kappa shape index (κ3) is 5.90. The van der Waals surface area contributed by atoms with Crippen LogP contribution in [0.5, 0.6) is 5.75 Å². The van der Waals surface area contributed by atoms with E-state index in [0.29, 0.717) is 21.0 Å². The van der Waals surface area contributed by atoms with Crippen LogP contribution in [0.2, 0.25) is 5.02 Å². The first-order chi connectivity index (χ1) is 12.4. The Hall–Kier alpha value is -1.68. The number of nitrogens with zero attached hydrogens (tertiary/aromatic N) is 2. The first-order valence-electron chi connectivity index (χ1n) is 8.01. The molecular formula is C17H21ClN2O5S2. The Balaban J connectivity index is 2.53. The molecule has 0 saturated heterocycles. The van der Waals surface area contributed by atoms with Gasteiger partial charge in [0.1, 0.15) is 10.4 Å². The minimum Gasteiger partial charge on any atom is -0.496 e. The second-order valence-electron chi connectivity index (χ2n) is 6.84. The molecule has 1 heterocycles. The molecule has 0 aliphatic carbocycles. The van der Waals surface area contributed by atoms with Gasteiger partial charge in [-0.2, -0.15) is 13.4 Å². The van der Waals surface area contributed by atoms with Gasteiger partial charge in [0.15, 0.2) is 0 Å². The molecule has 7 nitrogen and oxygen atoms in total. The van der Waals surface area contributed by atoms with E-state index in [9.17, 15) is 13.2 Å². The molecule has 0 aliphatic heterocycles. The summed E-state index contributed by atoms with van der Waals surface area (Å²) in [5.74, 6) is -0.663. The number of rotatable bonds is 5. The number of carbonyl (C=O) groups excluding carboxylic acids is 1. The molecule has 0 saturated carbocycles. The third-order valence-corrected chi connectivity index (χ3v) is 5.95. The van der Waals surface area contributed by atoms with Crippen LogP contribution < -0.4 is 9.41 Å². The molecule has 0 spiro atoms. The average molecular weight is 433 g/mol. The Labute approximate surface area is 167 Å². The molecule has 1 aromatic heterocycles. The lowest BCUT2D eigenvalue weighted by Gasteiger charge is -2.19. The number of aromatic nitrogens is 1. The van der Waals surface area contributed by atoms with Gasteiger partial charge in [0.2, 0.25) is 0 Å². The Bertz CT molecular complexity index is 1020. The Morgan fingerprint density at radius 2 is 2.04 bits per heavy atom. The molecule has 0 bridgehead atoms. The summed E-state index contributed by atoms with van der Waals surface area (Å²) in [6.45, 7) is 5.92. The quantitative estimate of drug-likeness (QED) is 0.732. The molecule has 1 N–H and O–H groups in total. The first-order valence-corrected chi connectivity index (χ1v) is 10.8. The predicted molar refractivity (Wildman–Crippen MR) is 105 cm³/mol. The fourth-order valence-corrected chi connectivity index (χ4v) is 3.89. The number of benzene rings is 1. The van der Waals surface area contributed by atoms with E-state index >= 15 is 0 Å². The normalized spacial score (nSPS) is 13.0. The average Bonchev–Trinajstić information content (AvgIpc) is 2.95. The van der Waals surface area contributed by atoms with Crippen LogP contribution in [0.15, 0.2) is 29.4 Å². The van der Waals surface area contributed by atoms with Gasteiger partial charge in [-0.25, -0.2) is 0 Å². The maximum absolute atomic E-state index is 12.7. The zero-order valence-electron chi connectivity index (χ0n) is 15.4. The second-order valence-corrected chi connectivity index (χ2v) is 9.82. The fourth-order valence-electron chi connectivity index (χ4n) is 2.21. The zero-order chi connectivity index (χ0) is 20.4. The maximum Gasteiger partial charge on any atom is 0.282 e. The molecule has 148 valence electrons. The summed E-state index contributed by atoms with van der Waals surface area (Å²) in [6.07, 6.45) is 1.79. The lowest BCUT2D eigenvalue weighted by atomic mass is 10.1. The molecule has 1 aromatic carbocycles. The zero-order valence-corrected chi connectivity index (χ0v) is 17.8. The molecular weight excluding hydrogens is 412 g/mol. The molecule has 1 amide bonds. The van der Waals surface area contributed by atoms with Gasteiger partial charge in [0.05, 0.1) is 18.4 Å². The van der Waals surface area contributed by atoms with Crippen molar-refractivity contribution in [2.45, 2.75) is 32.7 Å². The van der Waals surface area contributed by atoms with Gasteiger partial charge in [-0.1, -0.05) is 11.6 Å². The van der Waals surface area contributed by atoms with Crippen LogP contribution >= 0.6 is 23.1 Å². The highest BCUT2D eigenvalue weighted by molar-refractivity contribution is 7.85. The minimum absolute atomic E-state index is 0.0389. The van der Waals surface area contributed by atoms with E-state index < -0.39 is 21.8 Å². The molecule has 2 aromatic rings. The Morgan fingerprint density at radius 3 is 2.59 bits per heavy atom. The molecule has 0 radical (unpaired) electrons. The van der Waals surface area contributed by atoms with Crippen molar-refractivity contribution in [1.29, 1.82) is 0 Å². The van der Waals surface area contributed by atoms with Crippen LogP contribution in [-0.2, 0) is 22.1 Å². The summed E-state index contributed by atoms with van der Waals surface area (Å²) >= 11 is 7.21. The van der Waals surface area contributed by atoms with E-state index in [1.54, 1.807) is 18.3 Å². The van der Waals surface area contributed by atoms with Crippen LogP contribution in [0.1, 0.15) is 36.7 Å².